The van der Waals surface area contributed by atoms with Crippen LogP contribution in [0.1, 0.15) is 41.3 Å². The van der Waals surface area contributed by atoms with Gasteiger partial charge < -0.3 is 10.1 Å². The Morgan fingerprint density at radius 2 is 1.69 bits per heavy atom. The first-order valence-corrected chi connectivity index (χ1v) is 8.71. The Bertz CT molecular complexity index is 970. The van der Waals surface area contributed by atoms with Gasteiger partial charge in [-0.1, -0.05) is 54.6 Å². The molecular weight excluding hydrogens is 326 g/mol. The fourth-order valence-electron chi connectivity index (χ4n) is 3.79. The number of allylic oxidation sites excluding steroid dienone is 2. The zero-order valence-electron chi connectivity index (χ0n) is 14.7. The number of fused-ring (bicyclic) bond motifs is 2. The summed E-state index contributed by atoms with van der Waals surface area (Å²) in [5.41, 5.74) is 5.10. The second-order valence-electron chi connectivity index (χ2n) is 6.39. The van der Waals surface area contributed by atoms with Crippen molar-refractivity contribution in [2.45, 2.75) is 19.8 Å². The Morgan fingerprint density at radius 1 is 1.04 bits per heavy atom. The second kappa shape index (κ2) is 6.30. The normalized spacial score (nSPS) is 18.4. The van der Waals surface area contributed by atoms with Crippen molar-refractivity contribution in [1.82, 2.24) is 5.32 Å². The number of carbonyl (C=O) groups is 2. The van der Waals surface area contributed by atoms with Crippen molar-refractivity contribution in [3.8, 4) is 0 Å². The number of hydrogen-bond donors (Lipinski definition) is 1. The van der Waals surface area contributed by atoms with E-state index in [9.17, 15) is 9.59 Å². The highest BCUT2D eigenvalue weighted by Gasteiger charge is 2.42. The van der Waals surface area contributed by atoms with Crippen molar-refractivity contribution >= 4 is 17.4 Å². The summed E-state index contributed by atoms with van der Waals surface area (Å²) < 4.78 is 5.29. The van der Waals surface area contributed by atoms with Crippen molar-refractivity contribution in [2.75, 3.05) is 6.61 Å². The fraction of sp³-hybridized carbons (Fsp3) is 0.182. The average Bonchev–Trinajstić information content (AvgIpc) is 2.94. The molecule has 1 aliphatic heterocycles. The maximum absolute atomic E-state index is 13.2. The van der Waals surface area contributed by atoms with E-state index in [2.05, 4.69) is 5.32 Å². The van der Waals surface area contributed by atoms with Crippen molar-refractivity contribution in [1.29, 1.82) is 0 Å². The first kappa shape index (κ1) is 16.3. The second-order valence-corrected chi connectivity index (χ2v) is 6.39. The van der Waals surface area contributed by atoms with Crippen LogP contribution in [0, 0.1) is 0 Å². The number of hydrogen-bond acceptors (Lipinski definition) is 4. The minimum atomic E-state index is -0.439. The van der Waals surface area contributed by atoms with Crippen molar-refractivity contribution in [3.05, 3.63) is 88.1 Å². The predicted molar refractivity (Wildman–Crippen MR) is 99.3 cm³/mol. The maximum atomic E-state index is 13.2. The Morgan fingerprint density at radius 3 is 2.38 bits per heavy atom. The van der Waals surface area contributed by atoms with Crippen LogP contribution in [-0.4, -0.2) is 18.4 Å². The molecule has 0 saturated carbocycles. The lowest BCUT2D eigenvalue weighted by Gasteiger charge is -2.29. The molecule has 1 heterocycles. The van der Waals surface area contributed by atoms with E-state index in [0.717, 1.165) is 22.5 Å². The SMILES string of the molecule is CCOC(=O)C1=C(C)NC2=C(C(=O)c3ccccc32)[C@H]1c1ccccc1. The maximum Gasteiger partial charge on any atom is 0.336 e. The summed E-state index contributed by atoms with van der Waals surface area (Å²) in [6.45, 7) is 3.93. The molecule has 0 fully saturated rings. The van der Waals surface area contributed by atoms with Crippen LogP contribution >= 0.6 is 0 Å². The van der Waals surface area contributed by atoms with Gasteiger partial charge in [-0.3, -0.25) is 4.79 Å². The molecule has 0 saturated heterocycles. The number of esters is 1. The Labute approximate surface area is 152 Å². The van der Waals surface area contributed by atoms with Crippen LogP contribution in [0.2, 0.25) is 0 Å². The smallest absolute Gasteiger partial charge is 0.336 e. The first-order valence-electron chi connectivity index (χ1n) is 8.71. The van der Waals surface area contributed by atoms with Gasteiger partial charge in [0.15, 0.2) is 5.78 Å². The van der Waals surface area contributed by atoms with Gasteiger partial charge in [-0.25, -0.2) is 4.79 Å². The Balaban J connectivity index is 1.93. The minimum absolute atomic E-state index is 0.0359. The quantitative estimate of drug-likeness (QED) is 0.859. The summed E-state index contributed by atoms with van der Waals surface area (Å²) in [7, 11) is 0. The number of ketones is 1. The number of rotatable bonds is 3. The Kier molecular flexibility index (Phi) is 3.96. The highest BCUT2D eigenvalue weighted by molar-refractivity contribution is 6.23. The molecule has 0 radical (unpaired) electrons. The molecule has 1 N–H and O–H groups in total. The van der Waals surface area contributed by atoms with Crippen molar-refractivity contribution < 1.29 is 14.3 Å². The lowest BCUT2D eigenvalue weighted by Crippen LogP contribution is -2.29. The molecule has 2 aromatic rings. The fourth-order valence-corrected chi connectivity index (χ4v) is 3.79. The van der Waals surface area contributed by atoms with Gasteiger partial charge in [0.05, 0.1) is 17.9 Å². The standard InChI is InChI=1S/C22H19NO3/c1-3-26-22(25)17-13(2)23-20-15-11-7-8-12-16(15)21(24)19(20)18(17)14-9-5-4-6-10-14/h4-12,18,23H,3H2,1-2H3/t18-/m0/s1. The highest BCUT2D eigenvalue weighted by Crippen LogP contribution is 2.46. The van der Waals surface area contributed by atoms with Gasteiger partial charge in [-0.15, -0.1) is 0 Å². The molecule has 2 aliphatic rings. The molecule has 0 spiro atoms. The van der Waals surface area contributed by atoms with Crippen LogP contribution in [0.5, 0.6) is 0 Å². The topological polar surface area (TPSA) is 55.4 Å². The van der Waals surface area contributed by atoms with Crippen molar-refractivity contribution in [3.63, 3.8) is 0 Å². The minimum Gasteiger partial charge on any atom is -0.463 e. The lowest BCUT2D eigenvalue weighted by atomic mass is 9.80. The van der Waals surface area contributed by atoms with E-state index in [4.69, 9.17) is 4.74 Å². The molecule has 26 heavy (non-hydrogen) atoms. The summed E-state index contributed by atoms with van der Waals surface area (Å²) in [5, 5.41) is 3.29. The third-order valence-corrected chi connectivity index (χ3v) is 4.88. The van der Waals surface area contributed by atoms with E-state index in [1.165, 1.54) is 0 Å². The molecular formula is C22H19NO3. The molecule has 1 aliphatic carbocycles. The van der Waals surface area contributed by atoms with E-state index >= 15 is 0 Å². The lowest BCUT2D eigenvalue weighted by molar-refractivity contribution is -0.138. The summed E-state index contributed by atoms with van der Waals surface area (Å²) in [6.07, 6.45) is 0. The van der Waals surface area contributed by atoms with E-state index < -0.39 is 5.92 Å². The third-order valence-electron chi connectivity index (χ3n) is 4.88. The van der Waals surface area contributed by atoms with E-state index in [1.54, 1.807) is 6.92 Å². The van der Waals surface area contributed by atoms with Crippen LogP contribution in [0.4, 0.5) is 0 Å². The van der Waals surface area contributed by atoms with Gasteiger partial charge in [-0.05, 0) is 19.4 Å². The number of dihydropyridines is 1. The average molecular weight is 345 g/mol. The zero-order chi connectivity index (χ0) is 18.3. The first-order chi connectivity index (χ1) is 12.6. The molecule has 0 aromatic heterocycles. The Hall–Kier alpha value is -3.14. The zero-order valence-corrected chi connectivity index (χ0v) is 14.7. The summed E-state index contributed by atoms with van der Waals surface area (Å²) in [6, 6.07) is 17.2. The summed E-state index contributed by atoms with van der Waals surface area (Å²) in [5.74, 6) is -0.862. The molecule has 4 nitrogen and oxygen atoms in total. The molecule has 0 unspecified atom stereocenters. The summed E-state index contributed by atoms with van der Waals surface area (Å²) >= 11 is 0. The van der Waals surface area contributed by atoms with E-state index in [0.29, 0.717) is 16.7 Å². The van der Waals surface area contributed by atoms with Crippen LogP contribution < -0.4 is 5.32 Å². The highest BCUT2D eigenvalue weighted by atomic mass is 16.5. The molecule has 0 bridgehead atoms. The number of Topliss-reactive ketones (excluding diaryl/α,β-unsaturated/α-hetero) is 1. The monoisotopic (exact) mass is 345 g/mol. The van der Waals surface area contributed by atoms with Crippen LogP contribution in [0.15, 0.2) is 71.4 Å². The van der Waals surface area contributed by atoms with Gasteiger partial charge in [-0.2, -0.15) is 0 Å². The molecule has 0 amide bonds. The van der Waals surface area contributed by atoms with Crippen LogP contribution in [0.25, 0.3) is 5.70 Å². The summed E-state index contributed by atoms with van der Waals surface area (Å²) in [4.78, 5) is 25.9. The molecule has 2 aromatic carbocycles. The van der Waals surface area contributed by atoms with Gasteiger partial charge in [0.25, 0.3) is 0 Å². The number of nitrogens with one attached hydrogen (secondary N) is 1. The molecule has 1 atom stereocenters. The molecule has 4 heteroatoms. The van der Waals surface area contributed by atoms with Gasteiger partial charge in [0, 0.05) is 28.3 Å². The van der Waals surface area contributed by atoms with Gasteiger partial charge >= 0.3 is 5.97 Å². The van der Waals surface area contributed by atoms with E-state index in [1.807, 2.05) is 61.5 Å². The van der Waals surface area contributed by atoms with E-state index in [-0.39, 0.29) is 18.4 Å². The van der Waals surface area contributed by atoms with Gasteiger partial charge in [0.2, 0.25) is 0 Å². The van der Waals surface area contributed by atoms with Gasteiger partial charge in [0.1, 0.15) is 0 Å². The third kappa shape index (κ3) is 2.37. The van der Waals surface area contributed by atoms with Crippen LogP contribution in [0.3, 0.4) is 0 Å². The van der Waals surface area contributed by atoms with Crippen LogP contribution in [-0.2, 0) is 9.53 Å². The molecule has 4 rings (SSSR count). The molecule has 130 valence electrons. The van der Waals surface area contributed by atoms with Crippen molar-refractivity contribution in [2.24, 2.45) is 0 Å². The largest absolute Gasteiger partial charge is 0.463 e. The predicted octanol–water partition coefficient (Wildman–Crippen LogP) is 3.82. The number of benzene rings is 2. The number of ether oxygens (including phenoxy) is 1. The number of carbonyl (C=O) groups excluding carboxylic acids is 2.